The maximum Gasteiger partial charge on any atom is 0.220 e. The second-order valence-corrected chi connectivity index (χ2v) is 12.3. The maximum atomic E-state index is 12.3. The molecule has 0 aromatic carbocycles. The molecule has 284 valence electrons. The van der Waals surface area contributed by atoms with Crippen LogP contribution in [-0.2, 0) is 23.9 Å². The minimum Gasteiger partial charge on any atom is -0.396 e. The van der Waals surface area contributed by atoms with Crippen LogP contribution in [0.4, 0.5) is 0 Å². The number of nitrogens with one attached hydrogen (secondary N) is 2. The first-order valence-electron chi connectivity index (χ1n) is 16.5. The Bertz CT molecular complexity index is 885. The summed E-state index contributed by atoms with van der Waals surface area (Å²) in [6.07, 6.45) is -10.3. The van der Waals surface area contributed by atoms with E-state index in [0.29, 0.717) is 51.5 Å². The Morgan fingerprint density at radius 1 is 0.583 bits per heavy atom. The number of carbonyl (C=O) groups excluding carboxylic acids is 3. The van der Waals surface area contributed by atoms with E-state index in [-0.39, 0.29) is 43.7 Å². The highest BCUT2D eigenvalue weighted by molar-refractivity contribution is 5.87. The number of carbonyl (C=O) groups is 3. The number of ketones is 1. The quantitative estimate of drug-likeness (QED) is 0.0270. The van der Waals surface area contributed by atoms with Gasteiger partial charge in [-0.25, -0.2) is 0 Å². The van der Waals surface area contributed by atoms with Crippen molar-refractivity contribution in [3.8, 4) is 0 Å². The molecule has 11 unspecified atom stereocenters. The smallest absolute Gasteiger partial charge is 0.220 e. The Hall–Kier alpha value is -1.87. The average molecular weight is 701 g/mol. The first-order valence-corrected chi connectivity index (χ1v) is 16.5. The van der Waals surface area contributed by atoms with Crippen LogP contribution in [0.25, 0.3) is 0 Å². The van der Waals surface area contributed by atoms with Crippen molar-refractivity contribution in [2.24, 2.45) is 11.8 Å². The van der Waals surface area contributed by atoms with Gasteiger partial charge in [-0.2, -0.15) is 0 Å². The van der Waals surface area contributed by atoms with E-state index in [9.17, 15) is 55.2 Å². The Labute approximate surface area is 281 Å². The number of ether oxygens (including phenoxy) is 2. The largest absolute Gasteiger partial charge is 0.396 e. The summed E-state index contributed by atoms with van der Waals surface area (Å²) in [7, 11) is 0. The normalized spacial score (nSPS) is 18.8. The number of aliphatic hydroxyl groups is 10. The van der Waals surface area contributed by atoms with Crippen molar-refractivity contribution in [2.45, 2.75) is 134 Å². The Balaban J connectivity index is 4.13. The number of amides is 2. The summed E-state index contributed by atoms with van der Waals surface area (Å²) >= 11 is 0. The third-order valence-electron chi connectivity index (χ3n) is 7.97. The fourth-order valence-corrected chi connectivity index (χ4v) is 4.44. The van der Waals surface area contributed by atoms with Gasteiger partial charge in [0.1, 0.15) is 24.4 Å². The van der Waals surface area contributed by atoms with Crippen molar-refractivity contribution in [1.82, 2.24) is 10.6 Å². The van der Waals surface area contributed by atoms with Gasteiger partial charge in [-0.1, -0.05) is 13.8 Å². The zero-order chi connectivity index (χ0) is 36.8. The van der Waals surface area contributed by atoms with Crippen molar-refractivity contribution in [1.29, 1.82) is 0 Å². The molecule has 0 aliphatic carbocycles. The lowest BCUT2D eigenvalue weighted by Crippen LogP contribution is -2.48. The molecule has 0 saturated carbocycles. The van der Waals surface area contributed by atoms with Gasteiger partial charge in [0.25, 0.3) is 0 Å². The van der Waals surface area contributed by atoms with Crippen LogP contribution >= 0.6 is 0 Å². The highest BCUT2D eigenvalue weighted by Crippen LogP contribution is 2.15. The SMILES string of the molecule is CC(=O)C(CCCCNC(=O)CCCCOC(O)C(O)C(O)C(O)C(C)CO)NC(=O)CCCCOC(O)C(O)C(O)C(O)C(C)CO. The molecule has 0 aromatic rings. The lowest BCUT2D eigenvalue weighted by Gasteiger charge is -2.28. The highest BCUT2D eigenvalue weighted by Gasteiger charge is 2.34. The maximum absolute atomic E-state index is 12.3. The van der Waals surface area contributed by atoms with Crippen LogP contribution < -0.4 is 10.6 Å². The van der Waals surface area contributed by atoms with Gasteiger partial charge in [-0.15, -0.1) is 0 Å². The molecule has 17 heteroatoms. The second-order valence-electron chi connectivity index (χ2n) is 12.3. The predicted octanol–water partition coefficient (Wildman–Crippen LogP) is -3.22. The van der Waals surface area contributed by atoms with Crippen LogP contribution in [0.3, 0.4) is 0 Å². The van der Waals surface area contributed by atoms with E-state index in [4.69, 9.17) is 19.7 Å². The molecule has 0 aromatic heterocycles. The Morgan fingerprint density at radius 2 is 1.02 bits per heavy atom. The highest BCUT2D eigenvalue weighted by atomic mass is 16.6. The van der Waals surface area contributed by atoms with Crippen LogP contribution in [0.2, 0.25) is 0 Å². The molecular formula is C31H60N2O15. The van der Waals surface area contributed by atoms with E-state index in [2.05, 4.69) is 10.6 Å². The van der Waals surface area contributed by atoms with E-state index >= 15 is 0 Å². The van der Waals surface area contributed by atoms with Gasteiger partial charge < -0.3 is 71.2 Å². The van der Waals surface area contributed by atoms with Gasteiger partial charge in [0, 0.05) is 57.6 Å². The van der Waals surface area contributed by atoms with Gasteiger partial charge in [-0.3, -0.25) is 14.4 Å². The van der Waals surface area contributed by atoms with Gasteiger partial charge >= 0.3 is 0 Å². The molecule has 0 radical (unpaired) electrons. The number of unbranched alkanes of at least 4 members (excludes halogenated alkanes) is 3. The molecule has 0 bridgehead atoms. The summed E-state index contributed by atoms with van der Waals surface area (Å²) in [4.78, 5) is 36.4. The van der Waals surface area contributed by atoms with E-state index in [1.165, 1.54) is 20.8 Å². The fourth-order valence-electron chi connectivity index (χ4n) is 4.44. The molecule has 11 atom stereocenters. The van der Waals surface area contributed by atoms with E-state index in [1.54, 1.807) is 0 Å². The minimum atomic E-state index is -1.80. The second kappa shape index (κ2) is 26.0. The van der Waals surface area contributed by atoms with E-state index < -0.39 is 80.3 Å². The first-order chi connectivity index (χ1) is 22.6. The molecule has 12 N–H and O–H groups in total. The van der Waals surface area contributed by atoms with E-state index in [0.717, 1.165) is 0 Å². The zero-order valence-electron chi connectivity index (χ0n) is 28.3. The van der Waals surface area contributed by atoms with Crippen LogP contribution in [0, 0.1) is 11.8 Å². The van der Waals surface area contributed by atoms with Crippen molar-refractivity contribution < 1.29 is 74.9 Å². The summed E-state index contributed by atoms with van der Waals surface area (Å²) in [6, 6.07) is -0.688. The van der Waals surface area contributed by atoms with Gasteiger partial charge in [0.15, 0.2) is 18.4 Å². The summed E-state index contributed by atoms with van der Waals surface area (Å²) in [5.41, 5.74) is 0. The first kappa shape index (κ1) is 46.1. The molecule has 0 fully saturated rings. The van der Waals surface area contributed by atoms with Crippen molar-refractivity contribution in [2.75, 3.05) is 33.0 Å². The van der Waals surface area contributed by atoms with Gasteiger partial charge in [-0.05, 0) is 51.9 Å². The molecule has 0 heterocycles. The molecule has 48 heavy (non-hydrogen) atoms. The summed E-state index contributed by atoms with van der Waals surface area (Å²) in [5.74, 6) is -2.22. The number of Topliss-reactive ketones (excluding diaryl/α,β-unsaturated/α-hetero) is 1. The molecule has 0 rings (SSSR count). The fraction of sp³-hybridized carbons (Fsp3) is 0.903. The summed E-state index contributed by atoms with van der Waals surface area (Å²) in [6.45, 7) is 3.75. The number of aliphatic hydroxyl groups excluding tert-OH is 10. The third-order valence-corrected chi connectivity index (χ3v) is 7.97. The number of hydrogen-bond donors (Lipinski definition) is 12. The number of rotatable bonds is 29. The van der Waals surface area contributed by atoms with Gasteiger partial charge in [0.05, 0.1) is 18.2 Å². The van der Waals surface area contributed by atoms with Crippen LogP contribution in [0.5, 0.6) is 0 Å². The van der Waals surface area contributed by atoms with Gasteiger partial charge in [0.2, 0.25) is 11.8 Å². The molecule has 2 amide bonds. The van der Waals surface area contributed by atoms with Crippen LogP contribution in [-0.4, -0.2) is 157 Å². The summed E-state index contributed by atoms with van der Waals surface area (Å²) < 4.78 is 10.1. The lowest BCUT2D eigenvalue weighted by atomic mass is 9.97. The Kier molecular flexibility index (Phi) is 25.0. The summed E-state index contributed by atoms with van der Waals surface area (Å²) in [5, 5.41) is 103. The van der Waals surface area contributed by atoms with Crippen molar-refractivity contribution in [3.63, 3.8) is 0 Å². The zero-order valence-corrected chi connectivity index (χ0v) is 28.3. The van der Waals surface area contributed by atoms with Crippen molar-refractivity contribution in [3.05, 3.63) is 0 Å². The lowest BCUT2D eigenvalue weighted by molar-refractivity contribution is -0.207. The molecular weight excluding hydrogens is 640 g/mol. The Morgan fingerprint density at radius 3 is 1.44 bits per heavy atom. The molecule has 0 spiro atoms. The van der Waals surface area contributed by atoms with Crippen molar-refractivity contribution >= 4 is 17.6 Å². The number of hydrogen-bond acceptors (Lipinski definition) is 15. The minimum absolute atomic E-state index is 0.00790. The predicted molar refractivity (Wildman–Crippen MR) is 170 cm³/mol. The molecule has 17 nitrogen and oxygen atoms in total. The topological polar surface area (TPSA) is 296 Å². The van der Waals surface area contributed by atoms with E-state index in [1.807, 2.05) is 0 Å². The molecule has 0 saturated heterocycles. The van der Waals surface area contributed by atoms with Crippen LogP contribution in [0.1, 0.15) is 78.6 Å². The third kappa shape index (κ3) is 18.8. The monoisotopic (exact) mass is 700 g/mol. The standard InChI is InChI=1S/C31H60N2O15/c1-18(16-34)24(39)26(41)28(43)30(45)47-14-8-5-11-22(37)32-13-7-4-10-21(20(3)36)33-23(38)12-6-9-15-48-31(46)29(44)27(42)25(40)19(2)17-35/h18-19,21,24-31,34-35,39-46H,4-17H2,1-3H3,(H,32,37)(H,33,38). The molecule has 0 aliphatic rings. The van der Waals surface area contributed by atoms with Crippen LogP contribution in [0.15, 0.2) is 0 Å². The molecule has 0 aliphatic heterocycles. The average Bonchev–Trinajstić information content (AvgIpc) is 3.07.